The van der Waals surface area contributed by atoms with E-state index in [1.165, 1.54) is 0 Å². The average molecular weight is 501 g/mol. The molecule has 0 bridgehead atoms. The fraction of sp³-hybridized carbons (Fsp3) is 0.357. The number of aromatic nitrogens is 5. The first-order chi connectivity index (χ1) is 17.6. The lowest BCUT2D eigenvalue weighted by Crippen LogP contribution is -2.11. The smallest absolute Gasteiger partial charge is 0.165 e. The fourth-order valence-electron chi connectivity index (χ4n) is 5.03. The maximum absolute atomic E-state index is 8.97. The largest absolute Gasteiger partial charge is 0.396 e. The molecule has 2 aromatic heterocycles. The van der Waals surface area contributed by atoms with Crippen molar-refractivity contribution >= 4 is 17.3 Å². The second kappa shape index (κ2) is 9.30. The van der Waals surface area contributed by atoms with Gasteiger partial charge in [0.05, 0.1) is 17.6 Å². The van der Waals surface area contributed by atoms with Crippen LogP contribution >= 0.6 is 11.6 Å². The summed E-state index contributed by atoms with van der Waals surface area (Å²) in [5.41, 5.74) is 5.96. The highest BCUT2D eigenvalue weighted by Crippen LogP contribution is 2.51. The quantitative estimate of drug-likeness (QED) is 0.324. The lowest BCUT2D eigenvalue weighted by molar-refractivity contribution is 0.282. The number of hydrogen-bond acceptors (Lipinski definition) is 5. The summed E-state index contributed by atoms with van der Waals surface area (Å²) in [5, 5.41) is 23.2. The highest BCUT2D eigenvalue weighted by molar-refractivity contribution is 6.30. The van der Waals surface area contributed by atoms with Crippen LogP contribution in [0.4, 0.5) is 0 Å². The van der Waals surface area contributed by atoms with Crippen LogP contribution < -0.4 is 0 Å². The minimum absolute atomic E-state index is 0.267. The third-order valence-electron chi connectivity index (χ3n) is 7.16. The minimum Gasteiger partial charge on any atom is -0.396 e. The van der Waals surface area contributed by atoms with Crippen LogP contribution in [0.5, 0.6) is 0 Å². The van der Waals surface area contributed by atoms with E-state index < -0.39 is 0 Å². The van der Waals surface area contributed by atoms with E-state index in [2.05, 4.69) is 44.3 Å². The van der Waals surface area contributed by atoms with Gasteiger partial charge in [-0.1, -0.05) is 42.6 Å². The second-order valence-electron chi connectivity index (χ2n) is 9.77. The van der Waals surface area contributed by atoms with Gasteiger partial charge in [0, 0.05) is 41.1 Å². The molecule has 2 aliphatic rings. The highest BCUT2D eigenvalue weighted by atomic mass is 35.5. The molecule has 2 aromatic carbocycles. The molecular formula is C28H29ClN6O. The van der Waals surface area contributed by atoms with Crippen molar-refractivity contribution < 1.29 is 5.11 Å². The van der Waals surface area contributed by atoms with Crippen molar-refractivity contribution in [3.63, 3.8) is 0 Å². The zero-order valence-corrected chi connectivity index (χ0v) is 21.1. The van der Waals surface area contributed by atoms with E-state index >= 15 is 0 Å². The van der Waals surface area contributed by atoms with Gasteiger partial charge in [-0.15, -0.1) is 10.2 Å². The number of nitrogens with zero attached hydrogens (tertiary/aromatic N) is 6. The Morgan fingerprint density at radius 3 is 2.50 bits per heavy atom. The molecule has 1 aliphatic heterocycles. The van der Waals surface area contributed by atoms with Crippen LogP contribution in [0, 0.1) is 6.92 Å². The van der Waals surface area contributed by atoms with Crippen molar-refractivity contribution in [3.05, 3.63) is 82.7 Å². The highest BCUT2D eigenvalue weighted by Gasteiger charge is 2.51. The van der Waals surface area contributed by atoms with Crippen molar-refractivity contribution in [1.82, 2.24) is 24.5 Å². The Morgan fingerprint density at radius 1 is 0.944 bits per heavy atom. The molecule has 0 saturated heterocycles. The maximum atomic E-state index is 8.97. The van der Waals surface area contributed by atoms with Crippen LogP contribution in [0.2, 0.25) is 5.02 Å². The van der Waals surface area contributed by atoms with E-state index in [0.717, 1.165) is 90.4 Å². The lowest BCUT2D eigenvalue weighted by atomic mass is 9.96. The molecule has 6 rings (SSSR count). The molecule has 1 N–H and O–H groups in total. The molecule has 0 unspecified atom stereocenters. The number of rotatable bonds is 8. The molecule has 3 heterocycles. The zero-order chi connectivity index (χ0) is 24.7. The minimum atomic E-state index is -0.323. The van der Waals surface area contributed by atoms with E-state index in [4.69, 9.17) is 21.7 Å². The van der Waals surface area contributed by atoms with Gasteiger partial charge in [0.2, 0.25) is 0 Å². The summed E-state index contributed by atoms with van der Waals surface area (Å²) < 4.78 is 4.18. The number of fused-ring (bicyclic) bond motifs is 4. The van der Waals surface area contributed by atoms with Gasteiger partial charge in [0.1, 0.15) is 11.4 Å². The summed E-state index contributed by atoms with van der Waals surface area (Å²) in [6.45, 7) is 3.14. The average Bonchev–Trinajstić information content (AvgIpc) is 3.36. The number of aliphatic hydroxyl groups excluding tert-OH is 1. The van der Waals surface area contributed by atoms with E-state index in [-0.39, 0.29) is 12.1 Å². The number of unbranched alkanes of at least 4 members (excludes halogenated alkanes) is 3. The summed E-state index contributed by atoms with van der Waals surface area (Å²) in [4.78, 5) is 5.33. The van der Waals surface area contributed by atoms with Crippen LogP contribution in [0.15, 0.2) is 59.9 Å². The van der Waals surface area contributed by atoms with E-state index in [1.807, 2.05) is 42.1 Å². The standard InChI is InChI=1S/C28H29ClN6O/c1-19-32-33-27-28(12-13-28)31-26(20-6-9-23(29)10-7-20)24-16-21(8-11-25(24)35(19)27)22-17-30-34(18-22)14-4-2-3-5-15-36/h6-11,16-18,36H,2-5,12-15H2,1H3. The van der Waals surface area contributed by atoms with Crippen LogP contribution in [0.3, 0.4) is 0 Å². The molecule has 0 radical (unpaired) electrons. The van der Waals surface area contributed by atoms with E-state index in [0.29, 0.717) is 5.02 Å². The summed E-state index contributed by atoms with van der Waals surface area (Å²) in [6.07, 6.45) is 10.0. The van der Waals surface area contributed by atoms with Gasteiger partial charge in [-0.25, -0.2) is 0 Å². The summed E-state index contributed by atoms with van der Waals surface area (Å²) in [6, 6.07) is 14.4. The molecule has 1 aliphatic carbocycles. The monoisotopic (exact) mass is 500 g/mol. The lowest BCUT2D eigenvalue weighted by Gasteiger charge is -2.14. The van der Waals surface area contributed by atoms with Gasteiger partial charge in [-0.3, -0.25) is 14.2 Å². The van der Waals surface area contributed by atoms with Gasteiger partial charge in [0.25, 0.3) is 0 Å². The Labute approximate surface area is 215 Å². The summed E-state index contributed by atoms with van der Waals surface area (Å²) >= 11 is 6.21. The van der Waals surface area contributed by atoms with Crippen molar-refractivity contribution in [2.24, 2.45) is 4.99 Å². The number of aryl methyl sites for hydroxylation is 2. The first-order valence-corrected chi connectivity index (χ1v) is 13.0. The van der Waals surface area contributed by atoms with Crippen LogP contribution in [0.1, 0.15) is 61.3 Å². The Kier molecular flexibility index (Phi) is 5.97. The molecule has 1 spiro atoms. The Bertz CT molecular complexity index is 1430. The molecule has 184 valence electrons. The molecule has 8 heteroatoms. The third kappa shape index (κ3) is 4.16. The van der Waals surface area contributed by atoms with Crippen LogP contribution in [-0.2, 0) is 12.1 Å². The molecular weight excluding hydrogens is 472 g/mol. The molecule has 0 amide bonds. The number of aliphatic hydroxyl groups is 1. The van der Waals surface area contributed by atoms with Crippen LogP contribution in [-0.4, -0.2) is 42.0 Å². The summed E-state index contributed by atoms with van der Waals surface area (Å²) in [5.74, 6) is 1.79. The molecule has 7 nitrogen and oxygen atoms in total. The van der Waals surface area contributed by atoms with Gasteiger partial charge in [-0.2, -0.15) is 5.10 Å². The molecule has 0 atom stereocenters. The second-order valence-corrected chi connectivity index (χ2v) is 10.2. The van der Waals surface area contributed by atoms with Gasteiger partial charge in [0.15, 0.2) is 5.82 Å². The maximum Gasteiger partial charge on any atom is 0.165 e. The topological polar surface area (TPSA) is 81.1 Å². The first-order valence-electron chi connectivity index (χ1n) is 12.6. The molecule has 1 saturated carbocycles. The zero-order valence-electron chi connectivity index (χ0n) is 20.4. The predicted octanol–water partition coefficient (Wildman–Crippen LogP) is 5.49. The summed E-state index contributed by atoms with van der Waals surface area (Å²) in [7, 11) is 0. The fourth-order valence-corrected chi connectivity index (χ4v) is 5.16. The van der Waals surface area contributed by atoms with Crippen molar-refractivity contribution in [3.8, 4) is 16.8 Å². The number of halogens is 1. The Morgan fingerprint density at radius 2 is 1.72 bits per heavy atom. The van der Waals surface area contributed by atoms with Gasteiger partial charge >= 0.3 is 0 Å². The predicted molar refractivity (Wildman–Crippen MR) is 141 cm³/mol. The third-order valence-corrected chi connectivity index (χ3v) is 7.41. The van der Waals surface area contributed by atoms with Crippen molar-refractivity contribution in [2.75, 3.05) is 6.61 Å². The van der Waals surface area contributed by atoms with E-state index in [9.17, 15) is 0 Å². The molecule has 1 fully saturated rings. The first kappa shape index (κ1) is 23.1. The Hall–Kier alpha value is -3.29. The number of hydrogen-bond donors (Lipinski definition) is 1. The Balaban J connectivity index is 1.40. The molecule has 4 aromatic rings. The number of benzene rings is 2. The van der Waals surface area contributed by atoms with Crippen LogP contribution in [0.25, 0.3) is 16.8 Å². The normalized spacial score (nSPS) is 15.4. The molecule has 36 heavy (non-hydrogen) atoms. The number of aliphatic imine (C=N–C) groups is 1. The van der Waals surface area contributed by atoms with Crippen molar-refractivity contribution in [1.29, 1.82) is 0 Å². The van der Waals surface area contributed by atoms with Crippen molar-refractivity contribution in [2.45, 2.75) is 57.5 Å². The SMILES string of the molecule is Cc1nnc2n1-c1ccc(-c3cnn(CCCCCCO)c3)cc1C(c1ccc(Cl)cc1)=NC21CC1. The van der Waals surface area contributed by atoms with Gasteiger partial charge in [-0.05, 0) is 62.4 Å². The van der Waals surface area contributed by atoms with Gasteiger partial charge < -0.3 is 5.11 Å². The van der Waals surface area contributed by atoms with E-state index in [1.54, 1.807) is 0 Å².